The van der Waals surface area contributed by atoms with E-state index in [1.807, 2.05) is 31.1 Å². The van der Waals surface area contributed by atoms with Crippen molar-refractivity contribution in [1.29, 1.82) is 0 Å². The third kappa shape index (κ3) is 4.15. The number of thioether (sulfide) groups is 1. The topological polar surface area (TPSA) is 62.2 Å². The average Bonchev–Trinajstić information content (AvgIpc) is 3.39. The Hall–Kier alpha value is -2.54. The molecule has 0 bridgehead atoms. The Morgan fingerprint density at radius 3 is 2.65 bits per heavy atom. The number of aliphatic imine (C=N–C) groups is 1. The minimum atomic E-state index is -0.362. The van der Waals surface area contributed by atoms with Gasteiger partial charge in [0.25, 0.3) is 0 Å². The smallest absolute Gasteiger partial charge is 0.338 e. The van der Waals surface area contributed by atoms with Crippen LogP contribution in [0.15, 0.2) is 45.6 Å². The van der Waals surface area contributed by atoms with Gasteiger partial charge in [-0.15, -0.1) is 0 Å². The molecule has 1 saturated heterocycles. The van der Waals surface area contributed by atoms with Crippen LogP contribution in [0.2, 0.25) is 0 Å². The summed E-state index contributed by atoms with van der Waals surface area (Å²) >= 11 is 1.52. The van der Waals surface area contributed by atoms with Gasteiger partial charge in [0.2, 0.25) is 5.91 Å². The molecule has 164 valence electrons. The predicted octanol–water partition coefficient (Wildman–Crippen LogP) is 4.45. The highest BCUT2D eigenvalue weighted by molar-refractivity contribution is 8.16. The molecular formula is C24H29N3O3S. The van der Waals surface area contributed by atoms with Crippen molar-refractivity contribution in [3.05, 3.63) is 57.3 Å². The van der Waals surface area contributed by atoms with Gasteiger partial charge in [0.15, 0.2) is 5.17 Å². The van der Waals surface area contributed by atoms with Crippen LogP contribution in [0.5, 0.6) is 0 Å². The number of carbonyl (C=O) groups is 2. The summed E-state index contributed by atoms with van der Waals surface area (Å²) in [6.07, 6.45) is 2.44. The number of ether oxygens (including phenoxy) is 1. The van der Waals surface area contributed by atoms with Crippen LogP contribution in [0.3, 0.4) is 0 Å². The van der Waals surface area contributed by atoms with E-state index in [0.29, 0.717) is 24.3 Å². The Morgan fingerprint density at radius 2 is 1.94 bits per heavy atom. The summed E-state index contributed by atoms with van der Waals surface area (Å²) in [5, 5.41) is 2.81. The number of aryl methyl sites for hydroxylation is 2. The van der Waals surface area contributed by atoms with E-state index in [4.69, 9.17) is 9.73 Å². The molecule has 7 heteroatoms. The lowest BCUT2D eigenvalue weighted by atomic mass is 9.90. The molecule has 3 aliphatic heterocycles. The number of fused-ring (bicyclic) bond motifs is 1. The minimum Gasteiger partial charge on any atom is -0.463 e. The van der Waals surface area contributed by atoms with E-state index in [1.54, 1.807) is 0 Å². The number of amidine groups is 1. The van der Waals surface area contributed by atoms with Crippen molar-refractivity contribution in [2.24, 2.45) is 4.99 Å². The van der Waals surface area contributed by atoms with E-state index in [1.165, 1.54) is 11.8 Å². The number of amides is 1. The van der Waals surface area contributed by atoms with Gasteiger partial charge < -0.3 is 14.5 Å². The van der Waals surface area contributed by atoms with Crippen LogP contribution >= 0.6 is 11.8 Å². The molecule has 0 spiro atoms. The first-order chi connectivity index (χ1) is 14.9. The molecule has 31 heavy (non-hydrogen) atoms. The molecule has 3 heterocycles. The second-order valence-corrected chi connectivity index (χ2v) is 9.07. The third-order valence-corrected chi connectivity index (χ3v) is 6.91. The van der Waals surface area contributed by atoms with Gasteiger partial charge in [0.1, 0.15) is 0 Å². The van der Waals surface area contributed by atoms with Crippen LogP contribution < -0.4 is 0 Å². The lowest BCUT2D eigenvalue weighted by molar-refractivity contribution is -0.139. The van der Waals surface area contributed by atoms with E-state index in [-0.39, 0.29) is 17.9 Å². The molecule has 0 unspecified atom stereocenters. The van der Waals surface area contributed by atoms with Gasteiger partial charge in [0, 0.05) is 18.8 Å². The maximum atomic E-state index is 13.0. The van der Waals surface area contributed by atoms with Crippen molar-refractivity contribution in [2.45, 2.75) is 53.0 Å². The molecule has 3 aliphatic rings. The fraction of sp³-hybridized carbons (Fsp3) is 0.458. The van der Waals surface area contributed by atoms with E-state index < -0.39 is 0 Å². The standard InChI is InChI=1S/C24H29N3O3S/c1-5-30-23(29)21-17(4)25-24-27(22(21)19-12-15(2)8-9-16(19)3)18(14-31-24)13-20(28)26-10-6-7-11-26/h8-9,12,14,22H,5-7,10-11,13H2,1-4H3/t22-/m1/s1. The fourth-order valence-corrected chi connectivity index (χ4v) is 5.39. The highest BCUT2D eigenvalue weighted by Crippen LogP contribution is 2.45. The normalized spacial score (nSPS) is 20.6. The van der Waals surface area contributed by atoms with Crippen molar-refractivity contribution in [2.75, 3.05) is 19.7 Å². The Bertz CT molecular complexity index is 1010. The summed E-state index contributed by atoms with van der Waals surface area (Å²) < 4.78 is 5.43. The van der Waals surface area contributed by atoms with E-state index in [2.05, 4.69) is 30.0 Å². The number of hydrogen-bond donors (Lipinski definition) is 0. The second kappa shape index (κ2) is 8.91. The molecule has 1 aromatic carbocycles. The molecule has 0 aliphatic carbocycles. The lowest BCUT2D eigenvalue weighted by Gasteiger charge is -2.37. The number of likely N-dealkylation sites (tertiary alicyclic amines) is 1. The molecule has 6 nitrogen and oxygen atoms in total. The maximum Gasteiger partial charge on any atom is 0.338 e. The molecule has 1 atom stereocenters. The summed E-state index contributed by atoms with van der Waals surface area (Å²) in [5.74, 6) is -0.218. The number of rotatable bonds is 5. The molecule has 0 radical (unpaired) electrons. The lowest BCUT2D eigenvalue weighted by Crippen LogP contribution is -2.38. The summed E-state index contributed by atoms with van der Waals surface area (Å²) in [5.41, 5.74) is 5.35. The van der Waals surface area contributed by atoms with E-state index >= 15 is 0 Å². The Labute approximate surface area is 188 Å². The first-order valence-corrected chi connectivity index (χ1v) is 11.7. The van der Waals surface area contributed by atoms with Gasteiger partial charge >= 0.3 is 5.97 Å². The zero-order valence-electron chi connectivity index (χ0n) is 18.6. The summed E-state index contributed by atoms with van der Waals surface area (Å²) in [7, 11) is 0. The molecule has 0 saturated carbocycles. The zero-order valence-corrected chi connectivity index (χ0v) is 19.4. The van der Waals surface area contributed by atoms with Crippen LogP contribution in [0.25, 0.3) is 0 Å². The van der Waals surface area contributed by atoms with Gasteiger partial charge in [0.05, 0.1) is 30.3 Å². The number of carbonyl (C=O) groups excluding carboxylic acids is 2. The van der Waals surface area contributed by atoms with Gasteiger partial charge in [-0.1, -0.05) is 35.5 Å². The Balaban J connectivity index is 1.76. The molecular weight excluding hydrogens is 410 g/mol. The molecule has 1 aromatic rings. The van der Waals surface area contributed by atoms with E-state index in [0.717, 1.165) is 53.5 Å². The highest BCUT2D eigenvalue weighted by atomic mass is 32.2. The third-order valence-electron chi connectivity index (χ3n) is 6.02. The molecule has 0 aromatic heterocycles. The quantitative estimate of drug-likeness (QED) is 0.634. The number of benzene rings is 1. The molecule has 1 fully saturated rings. The van der Waals surface area contributed by atoms with Gasteiger partial charge in [-0.05, 0) is 57.1 Å². The summed E-state index contributed by atoms with van der Waals surface area (Å²) in [6, 6.07) is 5.91. The van der Waals surface area contributed by atoms with Crippen LogP contribution in [0.4, 0.5) is 0 Å². The van der Waals surface area contributed by atoms with Crippen LogP contribution in [-0.4, -0.2) is 46.5 Å². The van der Waals surface area contributed by atoms with Crippen LogP contribution in [0, 0.1) is 13.8 Å². The van der Waals surface area contributed by atoms with Crippen molar-refractivity contribution >= 4 is 28.8 Å². The van der Waals surface area contributed by atoms with Crippen LogP contribution in [0.1, 0.15) is 55.8 Å². The van der Waals surface area contributed by atoms with Crippen molar-refractivity contribution in [1.82, 2.24) is 9.80 Å². The van der Waals surface area contributed by atoms with Crippen molar-refractivity contribution in [3.8, 4) is 0 Å². The number of allylic oxidation sites excluding steroid dienone is 1. The highest BCUT2D eigenvalue weighted by Gasteiger charge is 2.42. The average molecular weight is 440 g/mol. The van der Waals surface area contributed by atoms with Gasteiger partial charge in [-0.25, -0.2) is 9.79 Å². The predicted molar refractivity (Wildman–Crippen MR) is 123 cm³/mol. The Morgan fingerprint density at radius 1 is 1.19 bits per heavy atom. The number of hydrogen-bond acceptors (Lipinski definition) is 6. The minimum absolute atomic E-state index is 0.134. The largest absolute Gasteiger partial charge is 0.463 e. The fourth-order valence-electron chi connectivity index (χ4n) is 4.42. The number of nitrogens with zero attached hydrogens (tertiary/aromatic N) is 3. The Kier molecular flexibility index (Phi) is 6.23. The van der Waals surface area contributed by atoms with E-state index in [9.17, 15) is 9.59 Å². The van der Waals surface area contributed by atoms with Crippen molar-refractivity contribution in [3.63, 3.8) is 0 Å². The monoisotopic (exact) mass is 439 g/mol. The molecule has 4 rings (SSSR count). The summed E-state index contributed by atoms with van der Waals surface area (Å²) in [6.45, 7) is 9.73. The molecule has 0 N–H and O–H groups in total. The van der Waals surface area contributed by atoms with Crippen molar-refractivity contribution < 1.29 is 14.3 Å². The van der Waals surface area contributed by atoms with Gasteiger partial charge in [-0.3, -0.25) is 4.79 Å². The SMILES string of the molecule is CCOC(=O)C1=C(C)N=C2SC=C(CC(=O)N3CCCC3)N2[C@@H]1c1cc(C)ccc1C. The first kappa shape index (κ1) is 21.7. The summed E-state index contributed by atoms with van der Waals surface area (Å²) in [4.78, 5) is 34.7. The first-order valence-electron chi connectivity index (χ1n) is 10.9. The van der Waals surface area contributed by atoms with Gasteiger partial charge in [-0.2, -0.15) is 0 Å². The van der Waals surface area contributed by atoms with Crippen LogP contribution in [-0.2, 0) is 14.3 Å². The zero-order chi connectivity index (χ0) is 22.1. The number of esters is 1. The maximum absolute atomic E-state index is 13.0. The second-order valence-electron chi connectivity index (χ2n) is 8.24. The molecule has 1 amide bonds.